The summed E-state index contributed by atoms with van der Waals surface area (Å²) in [6, 6.07) is 5.58. The van der Waals surface area contributed by atoms with Gasteiger partial charge in [-0.2, -0.15) is 0 Å². The Morgan fingerprint density at radius 1 is 1.25 bits per heavy atom. The quantitative estimate of drug-likeness (QED) is 0.517. The van der Waals surface area contributed by atoms with E-state index in [9.17, 15) is 4.79 Å². The van der Waals surface area contributed by atoms with E-state index in [4.69, 9.17) is 4.74 Å². The van der Waals surface area contributed by atoms with Gasteiger partial charge in [-0.15, -0.1) is 6.58 Å². The van der Waals surface area contributed by atoms with Crippen LogP contribution in [0.15, 0.2) is 43.5 Å². The Balaban J connectivity index is 2.98. The molecule has 1 aromatic carbocycles. The Morgan fingerprint density at radius 2 is 2.06 bits per heavy atom. The molecule has 0 N–H and O–H groups in total. The normalized spacial score (nSPS) is 9.50. The number of benzene rings is 1. The topological polar surface area (TPSA) is 26.3 Å². The SMILES string of the molecule is C=CCCc1cccc(C=O)c1OCC=C. The Kier molecular flexibility index (Phi) is 5.06. The maximum atomic E-state index is 10.9. The Labute approximate surface area is 96.2 Å². The summed E-state index contributed by atoms with van der Waals surface area (Å²) >= 11 is 0. The van der Waals surface area contributed by atoms with Gasteiger partial charge in [-0.1, -0.05) is 30.9 Å². The molecular formula is C14H16O2. The molecule has 1 aromatic rings. The minimum atomic E-state index is 0.409. The number of aldehydes is 1. The van der Waals surface area contributed by atoms with Gasteiger partial charge in [-0.3, -0.25) is 4.79 Å². The van der Waals surface area contributed by atoms with Crippen molar-refractivity contribution in [1.29, 1.82) is 0 Å². The van der Waals surface area contributed by atoms with Crippen LogP contribution in [0.3, 0.4) is 0 Å². The zero-order chi connectivity index (χ0) is 11.8. The molecule has 0 amide bonds. The van der Waals surface area contributed by atoms with Crippen molar-refractivity contribution in [3.8, 4) is 5.75 Å². The molecule has 0 aliphatic rings. The number of hydrogen-bond acceptors (Lipinski definition) is 2. The monoisotopic (exact) mass is 216 g/mol. The van der Waals surface area contributed by atoms with Gasteiger partial charge >= 0.3 is 0 Å². The van der Waals surface area contributed by atoms with Crippen molar-refractivity contribution in [3.05, 3.63) is 54.6 Å². The molecule has 2 nitrogen and oxygen atoms in total. The van der Waals surface area contributed by atoms with E-state index >= 15 is 0 Å². The minimum absolute atomic E-state index is 0.409. The van der Waals surface area contributed by atoms with Crippen LogP contribution in [0.5, 0.6) is 5.75 Å². The molecule has 0 aliphatic carbocycles. The molecule has 0 bridgehead atoms. The van der Waals surface area contributed by atoms with Crippen LogP contribution >= 0.6 is 0 Å². The van der Waals surface area contributed by atoms with Crippen LogP contribution in [0.2, 0.25) is 0 Å². The molecule has 0 aromatic heterocycles. The average molecular weight is 216 g/mol. The zero-order valence-electron chi connectivity index (χ0n) is 9.32. The van der Waals surface area contributed by atoms with Gasteiger partial charge < -0.3 is 4.74 Å². The Bertz CT molecular complexity index is 380. The summed E-state index contributed by atoms with van der Waals surface area (Å²) in [5.74, 6) is 0.666. The zero-order valence-corrected chi connectivity index (χ0v) is 9.32. The fraction of sp³-hybridized carbons (Fsp3) is 0.214. The van der Waals surface area contributed by atoms with E-state index in [2.05, 4.69) is 13.2 Å². The van der Waals surface area contributed by atoms with E-state index in [1.807, 2.05) is 18.2 Å². The number of para-hydroxylation sites is 1. The van der Waals surface area contributed by atoms with Crippen molar-refractivity contribution >= 4 is 6.29 Å². The van der Waals surface area contributed by atoms with Gasteiger partial charge in [0.05, 0.1) is 5.56 Å². The molecule has 84 valence electrons. The Hall–Kier alpha value is -1.83. The fourth-order valence-electron chi connectivity index (χ4n) is 1.47. The van der Waals surface area contributed by atoms with Crippen LogP contribution in [0, 0.1) is 0 Å². The molecule has 0 atom stereocenters. The summed E-state index contributed by atoms with van der Waals surface area (Å²) in [6.07, 6.45) is 6.03. The summed E-state index contributed by atoms with van der Waals surface area (Å²) in [5.41, 5.74) is 1.62. The Morgan fingerprint density at radius 3 is 2.69 bits per heavy atom. The van der Waals surface area contributed by atoms with Crippen molar-refractivity contribution in [2.75, 3.05) is 6.61 Å². The number of aryl methyl sites for hydroxylation is 1. The summed E-state index contributed by atoms with van der Waals surface area (Å²) < 4.78 is 5.52. The third-order valence-electron chi connectivity index (χ3n) is 2.22. The average Bonchev–Trinajstić information content (AvgIpc) is 2.33. The van der Waals surface area contributed by atoms with E-state index in [1.165, 1.54) is 0 Å². The molecule has 0 saturated carbocycles. The largest absolute Gasteiger partial charge is 0.489 e. The third kappa shape index (κ3) is 3.09. The molecule has 16 heavy (non-hydrogen) atoms. The van der Waals surface area contributed by atoms with Gasteiger partial charge in [-0.05, 0) is 24.5 Å². The first-order valence-corrected chi connectivity index (χ1v) is 5.25. The summed E-state index contributed by atoms with van der Waals surface area (Å²) in [6.45, 7) is 7.69. The third-order valence-corrected chi connectivity index (χ3v) is 2.22. The maximum absolute atomic E-state index is 10.9. The summed E-state index contributed by atoms with van der Waals surface area (Å²) in [7, 11) is 0. The van der Waals surface area contributed by atoms with Crippen molar-refractivity contribution in [2.24, 2.45) is 0 Å². The van der Waals surface area contributed by atoms with Gasteiger partial charge in [0, 0.05) is 0 Å². The van der Waals surface area contributed by atoms with E-state index < -0.39 is 0 Å². The van der Waals surface area contributed by atoms with Crippen LogP contribution in [0.25, 0.3) is 0 Å². The molecule has 0 spiro atoms. The van der Waals surface area contributed by atoms with Gasteiger partial charge in [0.1, 0.15) is 12.4 Å². The predicted molar refractivity (Wildman–Crippen MR) is 66.0 cm³/mol. The molecule has 0 aliphatic heterocycles. The number of hydrogen-bond donors (Lipinski definition) is 0. The fourth-order valence-corrected chi connectivity index (χ4v) is 1.47. The number of ether oxygens (including phenoxy) is 1. The second-order valence-corrected chi connectivity index (χ2v) is 3.38. The van der Waals surface area contributed by atoms with Gasteiger partial charge in [0.2, 0.25) is 0 Å². The van der Waals surface area contributed by atoms with Gasteiger partial charge in [-0.25, -0.2) is 0 Å². The molecule has 0 heterocycles. The molecular weight excluding hydrogens is 200 g/mol. The summed E-state index contributed by atoms with van der Waals surface area (Å²) in [5, 5.41) is 0. The highest BCUT2D eigenvalue weighted by atomic mass is 16.5. The molecule has 0 radical (unpaired) electrons. The molecule has 0 unspecified atom stereocenters. The van der Waals surface area contributed by atoms with Crippen LogP contribution in [0.4, 0.5) is 0 Å². The highest BCUT2D eigenvalue weighted by molar-refractivity contribution is 5.80. The van der Waals surface area contributed by atoms with E-state index in [0.717, 1.165) is 24.7 Å². The first kappa shape index (κ1) is 12.2. The first-order valence-electron chi connectivity index (χ1n) is 5.25. The lowest BCUT2D eigenvalue weighted by molar-refractivity contribution is 0.112. The van der Waals surface area contributed by atoms with E-state index in [0.29, 0.717) is 17.9 Å². The number of rotatable bonds is 7. The minimum Gasteiger partial charge on any atom is -0.489 e. The van der Waals surface area contributed by atoms with Crippen molar-refractivity contribution in [2.45, 2.75) is 12.8 Å². The first-order chi connectivity index (χ1) is 7.83. The molecule has 0 saturated heterocycles. The standard InChI is InChI=1S/C14H16O2/c1-3-5-7-12-8-6-9-13(11-15)14(12)16-10-4-2/h3-4,6,8-9,11H,1-2,5,7,10H2. The van der Waals surface area contributed by atoms with E-state index in [1.54, 1.807) is 12.1 Å². The number of carbonyl (C=O) groups is 1. The van der Waals surface area contributed by atoms with Crippen LogP contribution < -0.4 is 4.74 Å². The van der Waals surface area contributed by atoms with Crippen molar-refractivity contribution in [1.82, 2.24) is 0 Å². The van der Waals surface area contributed by atoms with Crippen molar-refractivity contribution < 1.29 is 9.53 Å². The van der Waals surface area contributed by atoms with E-state index in [-0.39, 0.29) is 0 Å². The molecule has 1 rings (SSSR count). The lowest BCUT2D eigenvalue weighted by atomic mass is 10.0. The molecule has 2 heteroatoms. The smallest absolute Gasteiger partial charge is 0.153 e. The van der Waals surface area contributed by atoms with Crippen LogP contribution in [-0.2, 0) is 6.42 Å². The second-order valence-electron chi connectivity index (χ2n) is 3.38. The predicted octanol–water partition coefficient (Wildman–Crippen LogP) is 3.18. The summed E-state index contributed by atoms with van der Waals surface area (Å²) in [4.78, 5) is 10.9. The van der Waals surface area contributed by atoms with Crippen LogP contribution in [0.1, 0.15) is 22.3 Å². The lowest BCUT2D eigenvalue weighted by Crippen LogP contribution is -2.01. The number of allylic oxidation sites excluding steroid dienone is 1. The maximum Gasteiger partial charge on any atom is 0.153 e. The lowest BCUT2D eigenvalue weighted by Gasteiger charge is -2.11. The van der Waals surface area contributed by atoms with Crippen molar-refractivity contribution in [3.63, 3.8) is 0 Å². The highest BCUT2D eigenvalue weighted by Gasteiger charge is 2.07. The number of carbonyl (C=O) groups excluding carboxylic acids is 1. The van der Waals surface area contributed by atoms with Gasteiger partial charge in [0.15, 0.2) is 6.29 Å². The highest BCUT2D eigenvalue weighted by Crippen LogP contribution is 2.24. The van der Waals surface area contributed by atoms with Gasteiger partial charge in [0.25, 0.3) is 0 Å². The van der Waals surface area contributed by atoms with Crippen LogP contribution in [-0.4, -0.2) is 12.9 Å². The second kappa shape index (κ2) is 6.62. The molecule has 0 fully saturated rings.